The number of benzene rings is 3. The Labute approximate surface area is 160 Å². The molecule has 0 bridgehead atoms. The zero-order chi connectivity index (χ0) is 18.5. The van der Waals surface area contributed by atoms with Gasteiger partial charge in [0.1, 0.15) is 23.9 Å². The molecule has 0 atom stereocenters. The molecule has 0 amide bonds. The first-order valence-electron chi connectivity index (χ1n) is 8.50. The van der Waals surface area contributed by atoms with Gasteiger partial charge in [-0.15, -0.1) is 0 Å². The molecule has 5 heteroatoms. The van der Waals surface area contributed by atoms with Gasteiger partial charge in [-0.3, -0.25) is 9.17 Å². The predicted molar refractivity (Wildman–Crippen MR) is 108 cm³/mol. The summed E-state index contributed by atoms with van der Waals surface area (Å²) in [6.45, 7) is 0.475. The molecule has 0 saturated carbocycles. The van der Waals surface area contributed by atoms with Crippen molar-refractivity contribution in [2.75, 3.05) is 0 Å². The maximum atomic E-state index is 11.2. The van der Waals surface area contributed by atoms with Crippen LogP contribution in [0.3, 0.4) is 0 Å². The molecule has 1 heterocycles. The smallest absolute Gasteiger partial charge is 0.258 e. The number of rotatable bonds is 6. The Morgan fingerprint density at radius 2 is 1.44 bits per heavy atom. The molecule has 1 aromatic heterocycles. The number of aromatic nitrogens is 1. The maximum Gasteiger partial charge on any atom is 0.258 e. The zero-order valence-electron chi connectivity index (χ0n) is 14.4. The van der Waals surface area contributed by atoms with Crippen molar-refractivity contribution in [3.8, 4) is 27.7 Å². The third-order valence-corrected chi connectivity index (χ3v) is 4.85. The SMILES string of the molecule is O=c1cc(-c2ccc(OCc3ccc(Oc4ccccc4)cc3)cc2)s[nH]1. The molecule has 27 heavy (non-hydrogen) atoms. The van der Waals surface area contributed by atoms with Crippen LogP contribution in [-0.4, -0.2) is 4.37 Å². The van der Waals surface area contributed by atoms with Crippen LogP contribution in [-0.2, 0) is 6.61 Å². The van der Waals surface area contributed by atoms with E-state index in [0.717, 1.165) is 33.3 Å². The third-order valence-electron chi connectivity index (χ3n) is 3.97. The summed E-state index contributed by atoms with van der Waals surface area (Å²) >= 11 is 1.33. The second kappa shape index (κ2) is 7.93. The van der Waals surface area contributed by atoms with Gasteiger partial charge < -0.3 is 9.47 Å². The lowest BCUT2D eigenvalue weighted by atomic mass is 10.2. The van der Waals surface area contributed by atoms with Crippen molar-refractivity contribution in [2.45, 2.75) is 6.61 Å². The van der Waals surface area contributed by atoms with Crippen LogP contribution in [0, 0.1) is 0 Å². The summed E-state index contributed by atoms with van der Waals surface area (Å²) in [5.41, 5.74) is 1.98. The highest BCUT2D eigenvalue weighted by molar-refractivity contribution is 7.09. The normalized spacial score (nSPS) is 10.5. The topological polar surface area (TPSA) is 51.3 Å². The minimum absolute atomic E-state index is 0.0741. The standard InChI is InChI=1S/C22H17NO3S/c24-22-14-21(27-23-22)17-8-12-18(13-9-17)25-15-16-6-10-20(11-7-16)26-19-4-2-1-3-5-19/h1-14H,15H2,(H,23,24). The molecule has 134 valence electrons. The summed E-state index contributed by atoms with van der Waals surface area (Å²) in [5, 5.41) is 0. The van der Waals surface area contributed by atoms with Crippen LogP contribution in [0.15, 0.2) is 89.7 Å². The van der Waals surface area contributed by atoms with Crippen LogP contribution in [0.25, 0.3) is 10.4 Å². The van der Waals surface area contributed by atoms with Crippen molar-refractivity contribution >= 4 is 11.5 Å². The fourth-order valence-corrected chi connectivity index (χ4v) is 3.28. The van der Waals surface area contributed by atoms with Crippen molar-refractivity contribution in [2.24, 2.45) is 0 Å². The fraction of sp³-hybridized carbons (Fsp3) is 0.0455. The molecule has 4 aromatic rings. The summed E-state index contributed by atoms with van der Waals surface area (Å²) in [6, 6.07) is 26.9. The molecule has 0 fully saturated rings. The van der Waals surface area contributed by atoms with Gasteiger partial charge in [0.25, 0.3) is 5.56 Å². The molecule has 0 aliphatic rings. The number of nitrogens with one attached hydrogen (secondary N) is 1. The van der Waals surface area contributed by atoms with Gasteiger partial charge in [-0.1, -0.05) is 41.9 Å². The Kier molecular flexibility index (Phi) is 5.03. The number of para-hydroxylation sites is 1. The molecular weight excluding hydrogens is 358 g/mol. The second-order valence-corrected chi connectivity index (χ2v) is 6.80. The predicted octanol–water partition coefficient (Wildman–Crippen LogP) is 5.47. The first kappa shape index (κ1) is 17.1. The largest absolute Gasteiger partial charge is 0.489 e. The number of aromatic amines is 1. The molecule has 0 aliphatic carbocycles. The van der Waals surface area contributed by atoms with Crippen molar-refractivity contribution < 1.29 is 9.47 Å². The van der Waals surface area contributed by atoms with Gasteiger partial charge in [-0.2, -0.15) is 0 Å². The quantitative estimate of drug-likeness (QED) is 0.486. The Bertz CT molecular complexity index is 1050. The highest BCUT2D eigenvalue weighted by atomic mass is 32.1. The highest BCUT2D eigenvalue weighted by Gasteiger charge is 2.03. The van der Waals surface area contributed by atoms with E-state index in [-0.39, 0.29) is 5.56 Å². The van der Waals surface area contributed by atoms with Crippen molar-refractivity contribution in [3.63, 3.8) is 0 Å². The third kappa shape index (κ3) is 4.46. The lowest BCUT2D eigenvalue weighted by Crippen LogP contribution is -1.95. The van der Waals surface area contributed by atoms with Gasteiger partial charge in [-0.05, 0) is 59.7 Å². The molecule has 1 N–H and O–H groups in total. The summed E-state index contributed by atoms with van der Waals surface area (Å²) < 4.78 is 14.3. The molecule has 4 nitrogen and oxygen atoms in total. The minimum Gasteiger partial charge on any atom is -0.489 e. The molecular formula is C22H17NO3S. The van der Waals surface area contributed by atoms with Gasteiger partial charge in [0, 0.05) is 6.07 Å². The molecule has 0 radical (unpaired) electrons. The van der Waals surface area contributed by atoms with Gasteiger partial charge in [0.15, 0.2) is 0 Å². The van der Waals surface area contributed by atoms with Crippen molar-refractivity contribution in [1.29, 1.82) is 0 Å². The van der Waals surface area contributed by atoms with Crippen LogP contribution < -0.4 is 15.0 Å². The zero-order valence-corrected chi connectivity index (χ0v) is 15.2. The number of hydrogen-bond donors (Lipinski definition) is 1. The summed E-state index contributed by atoms with van der Waals surface area (Å²) in [7, 11) is 0. The van der Waals surface area contributed by atoms with E-state index in [1.54, 1.807) is 6.07 Å². The van der Waals surface area contributed by atoms with Crippen molar-refractivity contribution in [1.82, 2.24) is 4.37 Å². The first-order valence-corrected chi connectivity index (χ1v) is 9.31. The maximum absolute atomic E-state index is 11.2. The van der Waals surface area contributed by atoms with Gasteiger partial charge >= 0.3 is 0 Å². The minimum atomic E-state index is -0.0741. The van der Waals surface area contributed by atoms with Crippen LogP contribution >= 0.6 is 11.5 Å². The van der Waals surface area contributed by atoms with E-state index in [0.29, 0.717) is 6.61 Å². The summed E-state index contributed by atoms with van der Waals surface area (Å²) in [4.78, 5) is 12.2. The Hall–Kier alpha value is -3.31. The summed E-state index contributed by atoms with van der Waals surface area (Å²) in [6.07, 6.45) is 0. The second-order valence-electron chi connectivity index (χ2n) is 5.95. The van der Waals surface area contributed by atoms with E-state index in [1.165, 1.54) is 11.5 Å². The van der Waals surface area contributed by atoms with E-state index >= 15 is 0 Å². The molecule has 0 unspecified atom stereocenters. The first-order chi connectivity index (χ1) is 13.3. The average Bonchev–Trinajstić information content (AvgIpc) is 3.15. The van der Waals surface area contributed by atoms with Crippen LogP contribution in [0.5, 0.6) is 17.2 Å². The number of hydrogen-bond acceptors (Lipinski definition) is 4. The van der Waals surface area contributed by atoms with E-state index in [9.17, 15) is 4.79 Å². The molecule has 0 spiro atoms. The van der Waals surface area contributed by atoms with Crippen LogP contribution in [0.4, 0.5) is 0 Å². The van der Waals surface area contributed by atoms with E-state index in [1.807, 2.05) is 78.9 Å². The monoisotopic (exact) mass is 375 g/mol. The molecule has 4 rings (SSSR count). The molecule has 3 aromatic carbocycles. The fourth-order valence-electron chi connectivity index (χ4n) is 2.59. The Morgan fingerprint density at radius 3 is 2.11 bits per heavy atom. The Balaban J connectivity index is 1.35. The lowest BCUT2D eigenvalue weighted by Gasteiger charge is -2.09. The van der Waals surface area contributed by atoms with Gasteiger partial charge in [-0.25, -0.2) is 0 Å². The number of H-pyrrole nitrogens is 1. The molecule has 0 saturated heterocycles. The number of ether oxygens (including phenoxy) is 2. The average molecular weight is 375 g/mol. The van der Waals surface area contributed by atoms with Crippen molar-refractivity contribution in [3.05, 3.63) is 101 Å². The van der Waals surface area contributed by atoms with Crippen LogP contribution in [0.1, 0.15) is 5.56 Å². The summed E-state index contributed by atoms with van der Waals surface area (Å²) in [5.74, 6) is 2.39. The van der Waals surface area contributed by atoms with Gasteiger partial charge in [0.05, 0.1) is 4.88 Å². The van der Waals surface area contributed by atoms with Gasteiger partial charge in [0.2, 0.25) is 0 Å². The molecule has 0 aliphatic heterocycles. The Morgan fingerprint density at radius 1 is 0.778 bits per heavy atom. The van der Waals surface area contributed by atoms with E-state index in [4.69, 9.17) is 9.47 Å². The van der Waals surface area contributed by atoms with Crippen LogP contribution in [0.2, 0.25) is 0 Å². The van der Waals surface area contributed by atoms with E-state index in [2.05, 4.69) is 4.37 Å². The van der Waals surface area contributed by atoms with E-state index < -0.39 is 0 Å². The lowest BCUT2D eigenvalue weighted by molar-refractivity contribution is 0.306. The highest BCUT2D eigenvalue weighted by Crippen LogP contribution is 2.25.